The van der Waals surface area contributed by atoms with Crippen molar-refractivity contribution >= 4 is 5.91 Å². The number of nitrogens with one attached hydrogen (secondary N) is 1. The molecule has 0 radical (unpaired) electrons. The van der Waals surface area contributed by atoms with Crippen LogP contribution in [-0.2, 0) is 4.79 Å². The standard InChI is InChI=1S/C18H27FN2O2/c1-2-8-21-9-6-14(7-10-21)11-18(23)20-13-17(22)15-4-3-5-16(19)12-15/h3-5,12,14,17,22H,2,6-11,13H2,1H3,(H,20,23)/t17-/m0/s1. The Morgan fingerprint density at radius 2 is 2.17 bits per heavy atom. The van der Waals surface area contributed by atoms with Gasteiger partial charge in [-0.15, -0.1) is 0 Å². The summed E-state index contributed by atoms with van der Waals surface area (Å²) in [6.07, 6.45) is 2.92. The normalized spacial score (nSPS) is 17.9. The smallest absolute Gasteiger partial charge is 0.220 e. The van der Waals surface area contributed by atoms with E-state index in [2.05, 4.69) is 17.1 Å². The summed E-state index contributed by atoms with van der Waals surface area (Å²) in [7, 11) is 0. The number of piperidine rings is 1. The summed E-state index contributed by atoms with van der Waals surface area (Å²) in [5.41, 5.74) is 0.484. The Balaban J connectivity index is 1.69. The predicted molar refractivity (Wildman–Crippen MR) is 88.4 cm³/mol. The van der Waals surface area contributed by atoms with Crippen molar-refractivity contribution in [3.05, 3.63) is 35.6 Å². The lowest BCUT2D eigenvalue weighted by atomic mass is 9.93. The lowest BCUT2D eigenvalue weighted by Crippen LogP contribution is -2.36. The number of halogens is 1. The number of benzene rings is 1. The largest absolute Gasteiger partial charge is 0.387 e. The van der Waals surface area contributed by atoms with Crippen LogP contribution in [-0.4, -0.2) is 42.1 Å². The topological polar surface area (TPSA) is 52.6 Å². The maximum absolute atomic E-state index is 13.1. The van der Waals surface area contributed by atoms with E-state index in [1.807, 2.05) is 0 Å². The molecule has 1 aliphatic heterocycles. The Labute approximate surface area is 137 Å². The number of likely N-dealkylation sites (tertiary alicyclic amines) is 1. The lowest BCUT2D eigenvalue weighted by Gasteiger charge is -2.31. The van der Waals surface area contributed by atoms with Crippen molar-refractivity contribution in [1.82, 2.24) is 10.2 Å². The van der Waals surface area contributed by atoms with Crippen molar-refractivity contribution in [3.8, 4) is 0 Å². The Hall–Kier alpha value is -1.46. The fourth-order valence-electron chi connectivity index (χ4n) is 3.11. The zero-order valence-corrected chi connectivity index (χ0v) is 13.8. The zero-order valence-electron chi connectivity index (χ0n) is 13.8. The van der Waals surface area contributed by atoms with E-state index in [0.717, 1.165) is 32.5 Å². The maximum Gasteiger partial charge on any atom is 0.220 e. The van der Waals surface area contributed by atoms with Gasteiger partial charge in [0.25, 0.3) is 0 Å². The van der Waals surface area contributed by atoms with Gasteiger partial charge in [0.05, 0.1) is 6.10 Å². The molecule has 1 heterocycles. The maximum atomic E-state index is 13.1. The minimum absolute atomic E-state index is 0.0330. The van der Waals surface area contributed by atoms with E-state index in [1.54, 1.807) is 12.1 Å². The van der Waals surface area contributed by atoms with Crippen LogP contribution in [0.15, 0.2) is 24.3 Å². The Bertz CT molecular complexity index is 502. The molecule has 0 aromatic heterocycles. The van der Waals surface area contributed by atoms with E-state index in [1.165, 1.54) is 18.6 Å². The molecule has 1 aliphatic rings. The number of hydrogen-bond acceptors (Lipinski definition) is 3. The Morgan fingerprint density at radius 1 is 1.43 bits per heavy atom. The molecule has 1 fully saturated rings. The van der Waals surface area contributed by atoms with Crippen molar-refractivity contribution in [1.29, 1.82) is 0 Å². The highest BCUT2D eigenvalue weighted by Crippen LogP contribution is 2.20. The highest BCUT2D eigenvalue weighted by molar-refractivity contribution is 5.76. The molecule has 128 valence electrons. The Kier molecular flexibility index (Phi) is 6.99. The van der Waals surface area contributed by atoms with Crippen molar-refractivity contribution in [3.63, 3.8) is 0 Å². The first-order valence-corrected chi connectivity index (χ1v) is 8.51. The molecule has 4 nitrogen and oxygen atoms in total. The number of carbonyl (C=O) groups is 1. The highest BCUT2D eigenvalue weighted by Gasteiger charge is 2.21. The fourth-order valence-corrected chi connectivity index (χ4v) is 3.11. The van der Waals surface area contributed by atoms with Crippen molar-refractivity contribution in [2.24, 2.45) is 5.92 Å². The van der Waals surface area contributed by atoms with Gasteiger partial charge in [-0.05, 0) is 62.5 Å². The van der Waals surface area contributed by atoms with Gasteiger partial charge in [-0.25, -0.2) is 4.39 Å². The molecule has 1 aromatic carbocycles. The second kappa shape index (κ2) is 8.99. The molecular formula is C18H27FN2O2. The first-order chi connectivity index (χ1) is 11.1. The van der Waals surface area contributed by atoms with E-state index >= 15 is 0 Å². The molecule has 23 heavy (non-hydrogen) atoms. The lowest BCUT2D eigenvalue weighted by molar-refractivity contribution is -0.122. The van der Waals surface area contributed by atoms with Crippen molar-refractivity contribution in [2.75, 3.05) is 26.2 Å². The summed E-state index contributed by atoms with van der Waals surface area (Å²) in [4.78, 5) is 14.5. The van der Waals surface area contributed by atoms with Gasteiger partial charge in [-0.3, -0.25) is 4.79 Å². The van der Waals surface area contributed by atoms with Gasteiger partial charge < -0.3 is 15.3 Å². The molecule has 1 amide bonds. The first kappa shape index (κ1) is 17.9. The number of carbonyl (C=O) groups excluding carboxylic acids is 1. The monoisotopic (exact) mass is 322 g/mol. The molecular weight excluding hydrogens is 295 g/mol. The predicted octanol–water partition coefficient (Wildman–Crippen LogP) is 2.49. The van der Waals surface area contributed by atoms with E-state index < -0.39 is 6.10 Å². The summed E-state index contributed by atoms with van der Waals surface area (Å²) in [5, 5.41) is 12.8. The number of amides is 1. The summed E-state index contributed by atoms with van der Waals surface area (Å²) in [6.45, 7) is 5.58. The van der Waals surface area contributed by atoms with Crippen LogP contribution < -0.4 is 5.32 Å². The third-order valence-electron chi connectivity index (χ3n) is 4.45. The van der Waals surface area contributed by atoms with Crippen LogP contribution in [0.1, 0.15) is 44.3 Å². The van der Waals surface area contributed by atoms with Crippen LogP contribution in [0.25, 0.3) is 0 Å². The second-order valence-corrected chi connectivity index (χ2v) is 6.36. The van der Waals surface area contributed by atoms with Crippen LogP contribution in [0, 0.1) is 11.7 Å². The Morgan fingerprint density at radius 3 is 2.83 bits per heavy atom. The molecule has 1 aromatic rings. The summed E-state index contributed by atoms with van der Waals surface area (Å²) in [5.74, 6) is 0.00975. The van der Waals surface area contributed by atoms with E-state index in [4.69, 9.17) is 0 Å². The van der Waals surface area contributed by atoms with Gasteiger partial charge in [0.2, 0.25) is 5.91 Å². The number of hydrogen-bond donors (Lipinski definition) is 2. The van der Waals surface area contributed by atoms with E-state index in [9.17, 15) is 14.3 Å². The average molecular weight is 322 g/mol. The molecule has 5 heteroatoms. The third-order valence-corrected chi connectivity index (χ3v) is 4.45. The van der Waals surface area contributed by atoms with Gasteiger partial charge >= 0.3 is 0 Å². The minimum Gasteiger partial charge on any atom is -0.387 e. The third kappa shape index (κ3) is 5.92. The van der Waals surface area contributed by atoms with E-state index in [0.29, 0.717) is 17.9 Å². The zero-order chi connectivity index (χ0) is 16.7. The molecule has 0 spiro atoms. The molecule has 1 saturated heterocycles. The summed E-state index contributed by atoms with van der Waals surface area (Å²) >= 11 is 0. The second-order valence-electron chi connectivity index (χ2n) is 6.36. The van der Waals surface area contributed by atoms with Gasteiger partial charge in [-0.2, -0.15) is 0 Å². The molecule has 1 atom stereocenters. The van der Waals surface area contributed by atoms with Gasteiger partial charge in [0, 0.05) is 13.0 Å². The van der Waals surface area contributed by atoms with Crippen molar-refractivity contribution in [2.45, 2.75) is 38.7 Å². The summed E-state index contributed by atoms with van der Waals surface area (Å²) in [6, 6.07) is 5.84. The number of aliphatic hydroxyl groups excluding tert-OH is 1. The average Bonchev–Trinajstić information content (AvgIpc) is 2.55. The van der Waals surface area contributed by atoms with Crippen LogP contribution in [0.5, 0.6) is 0 Å². The van der Waals surface area contributed by atoms with Crippen molar-refractivity contribution < 1.29 is 14.3 Å². The van der Waals surface area contributed by atoms with E-state index in [-0.39, 0.29) is 18.3 Å². The minimum atomic E-state index is -0.874. The molecule has 0 unspecified atom stereocenters. The van der Waals surface area contributed by atoms with Crippen LogP contribution in [0.4, 0.5) is 4.39 Å². The van der Waals surface area contributed by atoms with Gasteiger partial charge in [0.1, 0.15) is 5.82 Å². The molecule has 2 N–H and O–H groups in total. The van der Waals surface area contributed by atoms with Gasteiger partial charge in [0.15, 0.2) is 0 Å². The number of rotatable bonds is 7. The molecule has 0 bridgehead atoms. The molecule has 0 saturated carbocycles. The highest BCUT2D eigenvalue weighted by atomic mass is 19.1. The first-order valence-electron chi connectivity index (χ1n) is 8.51. The molecule has 2 rings (SSSR count). The summed E-state index contributed by atoms with van der Waals surface area (Å²) < 4.78 is 13.1. The number of aliphatic hydroxyl groups is 1. The molecule has 0 aliphatic carbocycles. The quantitative estimate of drug-likeness (QED) is 0.811. The SMILES string of the molecule is CCCN1CCC(CC(=O)NC[C@H](O)c2cccc(F)c2)CC1. The van der Waals surface area contributed by atoms with Crippen LogP contribution >= 0.6 is 0 Å². The van der Waals surface area contributed by atoms with Crippen LogP contribution in [0.2, 0.25) is 0 Å². The fraction of sp³-hybridized carbons (Fsp3) is 0.611. The van der Waals surface area contributed by atoms with Gasteiger partial charge in [-0.1, -0.05) is 19.1 Å². The number of nitrogens with zero attached hydrogens (tertiary/aromatic N) is 1. The van der Waals surface area contributed by atoms with Crippen LogP contribution in [0.3, 0.4) is 0 Å².